The molecule has 102 valence electrons. The fourth-order valence-corrected chi connectivity index (χ4v) is 4.25. The fourth-order valence-electron chi connectivity index (χ4n) is 2.61. The van der Waals surface area contributed by atoms with Gasteiger partial charge in [-0.1, -0.05) is 6.42 Å². The van der Waals surface area contributed by atoms with Crippen LogP contribution in [0.4, 0.5) is 13.2 Å². The molecule has 2 atom stereocenters. The van der Waals surface area contributed by atoms with Gasteiger partial charge in [-0.15, -0.1) is 11.3 Å². The molecule has 0 spiro atoms. The molecule has 2 unspecified atom stereocenters. The molecular weight excluding hydrogens is 327 g/mol. The lowest BCUT2D eigenvalue weighted by Crippen LogP contribution is -2.48. The van der Waals surface area contributed by atoms with Crippen molar-refractivity contribution in [2.45, 2.75) is 43.8 Å². The zero-order valence-corrected chi connectivity index (χ0v) is 12.2. The second-order valence-electron chi connectivity index (χ2n) is 5.07. The van der Waals surface area contributed by atoms with Gasteiger partial charge in [0.25, 0.3) is 0 Å². The highest BCUT2D eigenvalue weighted by molar-refractivity contribution is 9.10. The number of nitrogens with two attached hydrogens (primary N) is 1. The van der Waals surface area contributed by atoms with Crippen LogP contribution in [0.3, 0.4) is 0 Å². The van der Waals surface area contributed by atoms with Crippen LogP contribution >= 0.6 is 27.3 Å². The van der Waals surface area contributed by atoms with E-state index < -0.39 is 17.6 Å². The minimum absolute atomic E-state index is 0.0425. The molecule has 6 heteroatoms. The highest BCUT2D eigenvalue weighted by Gasteiger charge is 2.46. The first-order valence-electron chi connectivity index (χ1n) is 5.88. The number of halogens is 4. The molecule has 0 saturated heterocycles. The van der Waals surface area contributed by atoms with E-state index in [9.17, 15) is 13.2 Å². The summed E-state index contributed by atoms with van der Waals surface area (Å²) in [7, 11) is 0. The molecule has 1 saturated carbocycles. The van der Waals surface area contributed by atoms with Crippen LogP contribution in [0.25, 0.3) is 0 Å². The highest BCUT2D eigenvalue weighted by atomic mass is 79.9. The highest BCUT2D eigenvalue weighted by Crippen LogP contribution is 2.42. The molecule has 1 aliphatic rings. The standard InChI is InChI=1S/C12H15BrF3NS/c13-9-3-5-18-10(9)7-11(17)4-1-2-8(6-11)12(14,15)16/h3,5,8H,1-2,4,6-7,17H2. The summed E-state index contributed by atoms with van der Waals surface area (Å²) in [4.78, 5) is 1.04. The van der Waals surface area contributed by atoms with Gasteiger partial charge >= 0.3 is 6.18 Å². The third-order valence-electron chi connectivity index (χ3n) is 3.55. The molecule has 1 aliphatic carbocycles. The van der Waals surface area contributed by atoms with Gasteiger partial charge in [0, 0.05) is 21.3 Å². The molecule has 18 heavy (non-hydrogen) atoms. The summed E-state index contributed by atoms with van der Waals surface area (Å²) in [5.74, 6) is -1.24. The molecule has 0 radical (unpaired) electrons. The molecule has 2 N–H and O–H groups in total. The zero-order valence-electron chi connectivity index (χ0n) is 9.77. The summed E-state index contributed by atoms with van der Waals surface area (Å²) in [6.45, 7) is 0. The molecule has 0 bridgehead atoms. The Hall–Kier alpha value is -0.0700. The van der Waals surface area contributed by atoms with E-state index in [4.69, 9.17) is 5.73 Å². The summed E-state index contributed by atoms with van der Waals surface area (Å²) in [6.07, 6.45) is -2.10. The van der Waals surface area contributed by atoms with Crippen LogP contribution in [0, 0.1) is 5.92 Å². The molecule has 1 nitrogen and oxygen atoms in total. The second-order valence-corrected chi connectivity index (χ2v) is 6.92. The van der Waals surface area contributed by atoms with Crippen molar-refractivity contribution in [1.82, 2.24) is 0 Å². The first-order valence-corrected chi connectivity index (χ1v) is 7.55. The van der Waals surface area contributed by atoms with Gasteiger partial charge in [-0.2, -0.15) is 13.2 Å². The quantitative estimate of drug-likeness (QED) is 0.841. The van der Waals surface area contributed by atoms with E-state index in [1.165, 1.54) is 0 Å². The van der Waals surface area contributed by atoms with E-state index in [0.717, 1.165) is 9.35 Å². The minimum Gasteiger partial charge on any atom is -0.325 e. The lowest BCUT2D eigenvalue weighted by Gasteiger charge is -2.38. The summed E-state index contributed by atoms with van der Waals surface area (Å²) in [5.41, 5.74) is 5.48. The van der Waals surface area contributed by atoms with Gasteiger partial charge in [0.15, 0.2) is 0 Å². The number of hydrogen-bond donors (Lipinski definition) is 1. The van der Waals surface area contributed by atoms with Gasteiger partial charge in [0.1, 0.15) is 0 Å². The van der Waals surface area contributed by atoms with Crippen molar-refractivity contribution in [3.63, 3.8) is 0 Å². The molecule has 1 aromatic rings. The number of thiophene rings is 1. The van der Waals surface area contributed by atoms with Crippen molar-refractivity contribution < 1.29 is 13.2 Å². The lowest BCUT2D eigenvalue weighted by molar-refractivity contribution is -0.187. The van der Waals surface area contributed by atoms with Gasteiger partial charge in [0.2, 0.25) is 0 Å². The maximum absolute atomic E-state index is 12.8. The second kappa shape index (κ2) is 5.13. The largest absolute Gasteiger partial charge is 0.391 e. The van der Waals surface area contributed by atoms with Crippen LogP contribution in [-0.4, -0.2) is 11.7 Å². The molecule has 0 amide bonds. The molecule has 0 aliphatic heterocycles. The minimum atomic E-state index is -4.11. The van der Waals surface area contributed by atoms with Gasteiger partial charge in [0.05, 0.1) is 5.92 Å². The Morgan fingerprint density at radius 3 is 2.78 bits per heavy atom. The van der Waals surface area contributed by atoms with E-state index in [-0.39, 0.29) is 12.8 Å². The van der Waals surface area contributed by atoms with Crippen molar-refractivity contribution in [3.8, 4) is 0 Å². The van der Waals surface area contributed by atoms with E-state index in [1.54, 1.807) is 11.3 Å². The van der Waals surface area contributed by atoms with Gasteiger partial charge in [-0.05, 0) is 46.6 Å². The van der Waals surface area contributed by atoms with Crippen LogP contribution in [0.2, 0.25) is 0 Å². The van der Waals surface area contributed by atoms with Crippen LogP contribution in [0.15, 0.2) is 15.9 Å². The maximum Gasteiger partial charge on any atom is 0.391 e. The number of alkyl halides is 3. The van der Waals surface area contributed by atoms with Gasteiger partial charge in [-0.3, -0.25) is 0 Å². The van der Waals surface area contributed by atoms with Crippen LogP contribution in [0.5, 0.6) is 0 Å². The Morgan fingerprint density at radius 2 is 2.22 bits per heavy atom. The SMILES string of the molecule is NC1(Cc2sccc2Br)CCCC(C(F)(F)F)C1. The number of hydrogen-bond acceptors (Lipinski definition) is 2. The first kappa shape index (κ1) is 14.3. The predicted octanol–water partition coefficient (Wildman–Crippen LogP) is 4.50. The van der Waals surface area contributed by atoms with Crippen molar-refractivity contribution in [1.29, 1.82) is 0 Å². The third kappa shape index (κ3) is 3.27. The average molecular weight is 342 g/mol. The van der Waals surface area contributed by atoms with Crippen molar-refractivity contribution in [2.24, 2.45) is 11.7 Å². The topological polar surface area (TPSA) is 26.0 Å². The predicted molar refractivity (Wildman–Crippen MR) is 70.7 cm³/mol. The Kier molecular flexibility index (Phi) is 4.09. The van der Waals surface area contributed by atoms with E-state index >= 15 is 0 Å². The summed E-state index contributed by atoms with van der Waals surface area (Å²) >= 11 is 4.95. The molecular formula is C12H15BrF3NS. The Bertz CT molecular complexity index is 418. The van der Waals surface area contributed by atoms with E-state index in [2.05, 4.69) is 15.9 Å². The molecule has 0 aromatic carbocycles. The summed E-state index contributed by atoms with van der Waals surface area (Å²) < 4.78 is 39.3. The van der Waals surface area contributed by atoms with Crippen molar-refractivity contribution >= 4 is 27.3 Å². The third-order valence-corrected chi connectivity index (χ3v) is 5.47. The monoisotopic (exact) mass is 341 g/mol. The van der Waals surface area contributed by atoms with Crippen LogP contribution in [0.1, 0.15) is 30.6 Å². The van der Waals surface area contributed by atoms with Crippen LogP contribution in [-0.2, 0) is 6.42 Å². The molecule has 1 aromatic heterocycles. The average Bonchev–Trinajstić information content (AvgIpc) is 2.62. The molecule has 1 heterocycles. The fraction of sp³-hybridized carbons (Fsp3) is 0.667. The smallest absolute Gasteiger partial charge is 0.325 e. The Balaban J connectivity index is 2.09. The van der Waals surface area contributed by atoms with Crippen molar-refractivity contribution in [2.75, 3.05) is 0 Å². The molecule has 1 fully saturated rings. The normalized spacial score (nSPS) is 29.5. The Labute approximate surface area is 117 Å². The summed E-state index contributed by atoms with van der Waals surface area (Å²) in [6, 6.07) is 1.91. The van der Waals surface area contributed by atoms with Crippen LogP contribution < -0.4 is 5.73 Å². The van der Waals surface area contributed by atoms with E-state index in [1.807, 2.05) is 11.4 Å². The van der Waals surface area contributed by atoms with Crippen molar-refractivity contribution in [3.05, 3.63) is 20.8 Å². The Morgan fingerprint density at radius 1 is 1.50 bits per heavy atom. The maximum atomic E-state index is 12.8. The lowest BCUT2D eigenvalue weighted by atomic mass is 9.74. The van der Waals surface area contributed by atoms with E-state index in [0.29, 0.717) is 19.3 Å². The summed E-state index contributed by atoms with van der Waals surface area (Å²) in [5, 5.41) is 1.92. The number of rotatable bonds is 2. The van der Waals surface area contributed by atoms with Gasteiger partial charge in [-0.25, -0.2) is 0 Å². The molecule has 2 rings (SSSR count). The zero-order chi connectivity index (χ0) is 13.4. The van der Waals surface area contributed by atoms with Gasteiger partial charge < -0.3 is 5.73 Å². The first-order chi connectivity index (χ1) is 8.30.